The molecule has 2 aromatic carbocycles. The Morgan fingerprint density at radius 1 is 0.925 bits per heavy atom. The van der Waals surface area contributed by atoms with Gasteiger partial charge < -0.3 is 23.1 Å². The summed E-state index contributed by atoms with van der Waals surface area (Å²) in [6, 6.07) is 7.32. The van der Waals surface area contributed by atoms with Gasteiger partial charge in [-0.2, -0.15) is 13.4 Å². The first-order valence-electron chi connectivity index (χ1n) is 13.7. The number of ether oxygens (including phenoxy) is 4. The lowest BCUT2D eigenvalue weighted by molar-refractivity contribution is 0.139. The fourth-order valence-corrected chi connectivity index (χ4v) is 6.36. The molecule has 1 atom stereocenters. The molecule has 1 aliphatic heterocycles. The van der Waals surface area contributed by atoms with Crippen molar-refractivity contribution in [2.75, 3.05) is 27.4 Å². The molecule has 0 spiro atoms. The third-order valence-electron chi connectivity index (χ3n) is 6.97. The predicted molar refractivity (Wildman–Crippen MR) is 153 cm³/mol. The first-order chi connectivity index (χ1) is 18.9. The van der Waals surface area contributed by atoms with E-state index in [1.807, 2.05) is 39.8 Å². The van der Waals surface area contributed by atoms with Crippen molar-refractivity contribution in [2.24, 2.45) is 0 Å². The lowest BCUT2D eigenvalue weighted by Crippen LogP contribution is -2.18. The smallest absolute Gasteiger partial charge is 0.341 e. The van der Waals surface area contributed by atoms with Crippen LogP contribution in [-0.2, 0) is 26.2 Å². The van der Waals surface area contributed by atoms with Crippen LogP contribution < -0.4 is 13.7 Å². The summed E-state index contributed by atoms with van der Waals surface area (Å²) in [5.41, 5.74) is 2.98. The maximum Gasteiger partial charge on any atom is 0.341 e. The van der Waals surface area contributed by atoms with Gasteiger partial charge in [0.1, 0.15) is 17.6 Å². The highest BCUT2D eigenvalue weighted by atomic mass is 32.2. The van der Waals surface area contributed by atoms with Crippen LogP contribution >= 0.6 is 0 Å². The molecule has 0 amide bonds. The van der Waals surface area contributed by atoms with E-state index in [0.717, 1.165) is 23.1 Å². The van der Waals surface area contributed by atoms with Gasteiger partial charge in [0.05, 0.1) is 31.2 Å². The van der Waals surface area contributed by atoms with Gasteiger partial charge in [-0.15, -0.1) is 0 Å². The number of rotatable bonds is 11. The summed E-state index contributed by atoms with van der Waals surface area (Å²) in [5.74, 6) is 1.23. The summed E-state index contributed by atoms with van der Waals surface area (Å²) in [6.45, 7) is 13.3. The van der Waals surface area contributed by atoms with Crippen molar-refractivity contribution in [2.45, 2.75) is 83.3 Å². The molecule has 0 radical (unpaired) electrons. The van der Waals surface area contributed by atoms with Crippen LogP contribution in [0.5, 0.6) is 17.4 Å². The zero-order valence-corrected chi connectivity index (χ0v) is 25.4. The number of hydrogen-bond acceptors (Lipinski definition) is 9. The van der Waals surface area contributed by atoms with Gasteiger partial charge in [0.25, 0.3) is 0 Å². The fraction of sp³-hybridized carbons (Fsp3) is 0.533. The Morgan fingerprint density at radius 2 is 1.60 bits per heavy atom. The maximum absolute atomic E-state index is 14.1. The zero-order chi connectivity index (χ0) is 29.2. The van der Waals surface area contributed by atoms with Crippen LogP contribution in [0, 0.1) is 0 Å². The quantitative estimate of drug-likeness (QED) is 0.252. The molecule has 218 valence electrons. The number of benzene rings is 2. The maximum atomic E-state index is 14.1. The second-order valence-electron chi connectivity index (χ2n) is 11.0. The summed E-state index contributed by atoms with van der Waals surface area (Å²) >= 11 is 0. The molecule has 10 heteroatoms. The number of nitrogens with zero attached hydrogens (tertiary/aromatic N) is 2. The summed E-state index contributed by atoms with van der Waals surface area (Å²) in [5, 5.41) is 0.383. The number of aromatic nitrogens is 2. The van der Waals surface area contributed by atoms with Crippen LogP contribution in [0.4, 0.5) is 0 Å². The molecule has 4 rings (SSSR count). The van der Waals surface area contributed by atoms with Gasteiger partial charge >= 0.3 is 10.1 Å². The largest absolute Gasteiger partial charge is 0.493 e. The average Bonchev–Trinajstić information content (AvgIpc) is 3.40. The Bertz CT molecular complexity index is 1430. The molecule has 2 heterocycles. The summed E-state index contributed by atoms with van der Waals surface area (Å²) < 4.78 is 56.6. The molecule has 1 saturated heterocycles. The minimum absolute atomic E-state index is 0.0475. The van der Waals surface area contributed by atoms with Gasteiger partial charge in [0, 0.05) is 19.6 Å². The van der Waals surface area contributed by atoms with Gasteiger partial charge in [-0.25, -0.2) is 4.98 Å². The molecule has 1 fully saturated rings. The molecular weight excluding hydrogens is 532 g/mol. The molecule has 0 bridgehead atoms. The third kappa shape index (κ3) is 6.34. The van der Waals surface area contributed by atoms with Crippen LogP contribution in [0.2, 0.25) is 0 Å². The summed E-state index contributed by atoms with van der Waals surface area (Å²) in [6.07, 6.45) is 0.597. The molecule has 0 N–H and O–H groups in total. The van der Waals surface area contributed by atoms with Gasteiger partial charge in [0.2, 0.25) is 5.88 Å². The van der Waals surface area contributed by atoms with E-state index in [1.54, 1.807) is 19.2 Å². The van der Waals surface area contributed by atoms with Gasteiger partial charge in [0.15, 0.2) is 17.3 Å². The lowest BCUT2D eigenvalue weighted by atomic mass is 9.89. The van der Waals surface area contributed by atoms with E-state index in [0.29, 0.717) is 35.6 Å². The van der Waals surface area contributed by atoms with Crippen LogP contribution in [-0.4, -0.2) is 51.9 Å². The number of methoxy groups -OCH3 is 2. The van der Waals surface area contributed by atoms with Crippen molar-refractivity contribution in [1.29, 1.82) is 0 Å². The second-order valence-corrected chi connectivity index (χ2v) is 12.5. The van der Waals surface area contributed by atoms with E-state index in [2.05, 4.69) is 23.8 Å². The molecule has 9 nitrogen and oxygen atoms in total. The van der Waals surface area contributed by atoms with Crippen molar-refractivity contribution < 1.29 is 31.5 Å². The van der Waals surface area contributed by atoms with E-state index in [9.17, 15) is 8.42 Å². The van der Waals surface area contributed by atoms with Crippen LogP contribution in [0.1, 0.15) is 88.2 Å². The van der Waals surface area contributed by atoms with Crippen molar-refractivity contribution in [3.8, 4) is 17.4 Å². The van der Waals surface area contributed by atoms with E-state index in [1.165, 1.54) is 7.11 Å². The minimum atomic E-state index is -4.30. The Balaban J connectivity index is 1.90. The molecular formula is C30H40N2O7S. The molecule has 3 aromatic rings. The molecule has 1 aromatic heterocycles. The Hall–Kier alpha value is -2.95. The monoisotopic (exact) mass is 572 g/mol. The zero-order valence-electron chi connectivity index (χ0n) is 24.6. The summed E-state index contributed by atoms with van der Waals surface area (Å²) in [4.78, 5) is 9.22. The van der Waals surface area contributed by atoms with E-state index >= 15 is 0 Å². The second kappa shape index (κ2) is 12.3. The lowest BCUT2D eigenvalue weighted by Gasteiger charge is -2.22. The Labute approximate surface area is 237 Å². The normalized spacial score (nSPS) is 15.9. The van der Waals surface area contributed by atoms with Crippen molar-refractivity contribution in [3.05, 3.63) is 46.8 Å². The van der Waals surface area contributed by atoms with E-state index in [4.69, 9.17) is 23.1 Å². The third-order valence-corrected chi connectivity index (χ3v) is 8.31. The molecule has 0 aliphatic carbocycles. The molecule has 1 aliphatic rings. The fourth-order valence-electron chi connectivity index (χ4n) is 4.77. The molecule has 40 heavy (non-hydrogen) atoms. The first kappa shape index (κ1) is 30.0. The van der Waals surface area contributed by atoms with Crippen LogP contribution in [0.15, 0.2) is 29.2 Å². The van der Waals surface area contributed by atoms with E-state index in [-0.39, 0.29) is 47.1 Å². The number of fused-ring (bicyclic) bond motifs is 1. The highest BCUT2D eigenvalue weighted by Crippen LogP contribution is 2.40. The molecule has 0 saturated carbocycles. The van der Waals surface area contributed by atoms with Crippen LogP contribution in [0.3, 0.4) is 0 Å². The summed E-state index contributed by atoms with van der Waals surface area (Å²) in [7, 11) is -1.24. The topological polar surface area (TPSA) is 106 Å². The average molecular weight is 573 g/mol. The number of hydrogen-bond donors (Lipinski definition) is 0. The highest BCUT2D eigenvalue weighted by Gasteiger charge is 2.30. The minimum Gasteiger partial charge on any atom is -0.493 e. The first-order valence-corrected chi connectivity index (χ1v) is 15.1. The van der Waals surface area contributed by atoms with Crippen molar-refractivity contribution >= 4 is 21.0 Å². The van der Waals surface area contributed by atoms with Gasteiger partial charge in [-0.05, 0) is 40.5 Å². The van der Waals surface area contributed by atoms with Crippen molar-refractivity contribution in [1.82, 2.24) is 9.97 Å². The molecule has 0 unspecified atom stereocenters. The van der Waals surface area contributed by atoms with E-state index < -0.39 is 10.1 Å². The van der Waals surface area contributed by atoms with Crippen molar-refractivity contribution in [3.63, 3.8) is 0 Å². The predicted octanol–water partition coefficient (Wildman–Crippen LogP) is 6.09. The van der Waals surface area contributed by atoms with Gasteiger partial charge in [-0.3, -0.25) is 0 Å². The Kier molecular flexibility index (Phi) is 9.22. The van der Waals surface area contributed by atoms with Crippen LogP contribution in [0.25, 0.3) is 10.9 Å². The van der Waals surface area contributed by atoms with Gasteiger partial charge in [-0.1, -0.05) is 53.7 Å². The highest BCUT2D eigenvalue weighted by molar-refractivity contribution is 7.87. The Morgan fingerprint density at radius 3 is 2.12 bits per heavy atom. The standard InChI is InChI=1S/C30H40N2O7S/c1-17(2)20-11-22(18(3)4)29(23(12-20)19(5)6)40(33,34)39-30-24-13-27(38-21-9-10-37-15-21)26(36-8)14-25(24)31-28(32-30)16-35-7/h11-14,17-19,21H,9-10,15-16H2,1-8H3/t21-/m0/s1. The SMILES string of the molecule is COCc1nc(OS(=O)(=O)c2c(C(C)C)cc(C(C)C)cc2C(C)C)c2cc(O[C@H]3CCOC3)c(OC)cc2n1.